The van der Waals surface area contributed by atoms with Gasteiger partial charge in [-0.1, -0.05) is 24.3 Å². The molecule has 0 aliphatic carbocycles. The zero-order valence-electron chi connectivity index (χ0n) is 21.4. The van der Waals surface area contributed by atoms with Crippen LogP contribution in [0.5, 0.6) is 0 Å². The molecule has 1 aromatic rings. The van der Waals surface area contributed by atoms with Crippen molar-refractivity contribution in [3.05, 3.63) is 29.8 Å². The molecule has 0 radical (unpaired) electrons. The van der Waals surface area contributed by atoms with E-state index in [1.807, 2.05) is 77.6 Å². The molecule has 33 heavy (non-hydrogen) atoms. The predicted molar refractivity (Wildman–Crippen MR) is 129 cm³/mol. The average molecular weight is 458 g/mol. The van der Waals surface area contributed by atoms with E-state index in [1.165, 1.54) is 0 Å². The van der Waals surface area contributed by atoms with E-state index in [2.05, 4.69) is 0 Å². The van der Waals surface area contributed by atoms with E-state index >= 15 is 0 Å². The lowest BCUT2D eigenvalue weighted by atomic mass is 9.79. The molecule has 2 amide bonds. The van der Waals surface area contributed by atoms with E-state index in [1.54, 1.807) is 11.9 Å². The standard InChI is InChI=1S/C25H39BN2O5/c1-23(2,3)31-22(30)27(8)20-10-9-15-28(17-20)21(29)16-18-11-13-19(14-12-18)26-32-24(4,5)25(6,7)33-26/h11-14,20H,9-10,15-17H2,1-8H3. The fourth-order valence-electron chi connectivity index (χ4n) is 4.04. The lowest BCUT2D eigenvalue weighted by Gasteiger charge is -2.38. The predicted octanol–water partition coefficient (Wildman–Crippen LogP) is 3.39. The van der Waals surface area contributed by atoms with Crippen molar-refractivity contribution in [2.45, 2.75) is 90.6 Å². The SMILES string of the molecule is CN(C(=O)OC(C)(C)C)C1CCCN(C(=O)Cc2ccc(B3OC(C)(C)C(C)(C)O3)cc2)C1. The molecule has 2 aliphatic heterocycles. The lowest BCUT2D eigenvalue weighted by Crippen LogP contribution is -2.51. The van der Waals surface area contributed by atoms with Crippen molar-refractivity contribution in [1.29, 1.82) is 0 Å². The van der Waals surface area contributed by atoms with Crippen LogP contribution in [0.4, 0.5) is 4.79 Å². The topological polar surface area (TPSA) is 68.3 Å². The van der Waals surface area contributed by atoms with Gasteiger partial charge in [-0.15, -0.1) is 0 Å². The van der Waals surface area contributed by atoms with Crippen molar-refractivity contribution in [3.63, 3.8) is 0 Å². The highest BCUT2D eigenvalue weighted by molar-refractivity contribution is 6.62. The minimum absolute atomic E-state index is 0.0386. The largest absolute Gasteiger partial charge is 0.494 e. The van der Waals surface area contributed by atoms with Crippen molar-refractivity contribution in [3.8, 4) is 0 Å². The maximum Gasteiger partial charge on any atom is 0.494 e. The molecule has 2 fully saturated rings. The van der Waals surface area contributed by atoms with Gasteiger partial charge in [0, 0.05) is 20.1 Å². The molecule has 3 rings (SSSR count). The van der Waals surface area contributed by atoms with E-state index in [9.17, 15) is 9.59 Å². The number of amides is 2. The molecule has 2 aliphatic rings. The third-order valence-electron chi connectivity index (χ3n) is 6.84. The number of hydrogen-bond acceptors (Lipinski definition) is 5. The Labute approximate surface area is 198 Å². The Morgan fingerprint density at radius 1 is 1.12 bits per heavy atom. The summed E-state index contributed by atoms with van der Waals surface area (Å²) >= 11 is 0. The smallest absolute Gasteiger partial charge is 0.444 e. The van der Waals surface area contributed by atoms with Crippen molar-refractivity contribution in [2.75, 3.05) is 20.1 Å². The maximum absolute atomic E-state index is 13.0. The summed E-state index contributed by atoms with van der Waals surface area (Å²) in [6, 6.07) is 7.84. The average Bonchev–Trinajstić information content (AvgIpc) is 2.94. The molecule has 1 aromatic carbocycles. The first-order valence-corrected chi connectivity index (χ1v) is 11.9. The molecule has 0 spiro atoms. The number of piperidine rings is 1. The second kappa shape index (κ2) is 9.30. The second-order valence-corrected chi connectivity index (χ2v) is 11.2. The van der Waals surface area contributed by atoms with Gasteiger partial charge in [0.2, 0.25) is 5.91 Å². The van der Waals surface area contributed by atoms with Crippen LogP contribution in [-0.2, 0) is 25.3 Å². The minimum atomic E-state index is -0.540. The normalized spacial score (nSPS) is 22.2. The van der Waals surface area contributed by atoms with Crippen LogP contribution in [0.15, 0.2) is 24.3 Å². The second-order valence-electron chi connectivity index (χ2n) is 11.2. The fourth-order valence-corrected chi connectivity index (χ4v) is 4.04. The molecule has 7 nitrogen and oxygen atoms in total. The monoisotopic (exact) mass is 458 g/mol. The molecule has 1 unspecified atom stereocenters. The van der Waals surface area contributed by atoms with Gasteiger partial charge in [0.1, 0.15) is 5.60 Å². The first-order chi connectivity index (χ1) is 15.2. The first kappa shape index (κ1) is 25.6. The van der Waals surface area contributed by atoms with E-state index in [-0.39, 0.29) is 29.2 Å². The molecule has 0 saturated carbocycles. The van der Waals surface area contributed by atoms with E-state index < -0.39 is 12.7 Å². The van der Waals surface area contributed by atoms with Gasteiger partial charge in [0.25, 0.3) is 0 Å². The van der Waals surface area contributed by atoms with Crippen LogP contribution in [0, 0.1) is 0 Å². The lowest BCUT2D eigenvalue weighted by molar-refractivity contribution is -0.132. The molecule has 8 heteroatoms. The van der Waals surface area contributed by atoms with Gasteiger partial charge in [0.15, 0.2) is 0 Å². The van der Waals surface area contributed by atoms with Crippen LogP contribution in [-0.4, -0.2) is 71.9 Å². The zero-order valence-corrected chi connectivity index (χ0v) is 21.4. The quantitative estimate of drug-likeness (QED) is 0.648. The molecular weight excluding hydrogens is 419 g/mol. The fraction of sp³-hybridized carbons (Fsp3) is 0.680. The van der Waals surface area contributed by atoms with Gasteiger partial charge in [0.05, 0.1) is 23.7 Å². The highest BCUT2D eigenvalue weighted by Gasteiger charge is 2.51. The summed E-state index contributed by atoms with van der Waals surface area (Å²) < 4.78 is 17.7. The minimum Gasteiger partial charge on any atom is -0.444 e. The number of carbonyl (C=O) groups excluding carboxylic acids is 2. The number of ether oxygens (including phenoxy) is 1. The van der Waals surface area contributed by atoms with E-state index in [0.717, 1.165) is 23.9 Å². The van der Waals surface area contributed by atoms with Crippen LogP contribution in [0.2, 0.25) is 0 Å². The van der Waals surface area contributed by atoms with Gasteiger partial charge < -0.3 is 23.8 Å². The number of hydrogen-bond donors (Lipinski definition) is 0. The van der Waals surface area contributed by atoms with Gasteiger partial charge in [-0.3, -0.25) is 4.79 Å². The van der Waals surface area contributed by atoms with Crippen molar-refractivity contribution in [2.24, 2.45) is 0 Å². The Balaban J connectivity index is 1.57. The highest BCUT2D eigenvalue weighted by atomic mass is 16.7. The maximum atomic E-state index is 13.0. The van der Waals surface area contributed by atoms with Crippen LogP contribution < -0.4 is 5.46 Å². The Morgan fingerprint density at radius 2 is 1.70 bits per heavy atom. The van der Waals surface area contributed by atoms with Crippen molar-refractivity contribution >= 4 is 24.6 Å². The van der Waals surface area contributed by atoms with Crippen LogP contribution in [0.3, 0.4) is 0 Å². The summed E-state index contributed by atoms with van der Waals surface area (Å²) in [5.74, 6) is 0.0701. The van der Waals surface area contributed by atoms with Crippen LogP contribution >= 0.6 is 0 Å². The molecule has 0 N–H and O–H groups in total. The molecule has 182 valence electrons. The Kier molecular flexibility index (Phi) is 7.20. The summed E-state index contributed by atoms with van der Waals surface area (Å²) in [4.78, 5) is 28.9. The number of benzene rings is 1. The summed E-state index contributed by atoms with van der Waals surface area (Å²) in [6.45, 7) is 14.9. The number of nitrogens with zero attached hydrogens (tertiary/aromatic N) is 2. The highest BCUT2D eigenvalue weighted by Crippen LogP contribution is 2.36. The number of likely N-dealkylation sites (tertiary alicyclic amines) is 1. The number of likely N-dealkylation sites (N-methyl/N-ethyl adjacent to an activating group) is 1. The van der Waals surface area contributed by atoms with E-state index in [0.29, 0.717) is 19.5 Å². The van der Waals surface area contributed by atoms with Crippen molar-refractivity contribution in [1.82, 2.24) is 9.80 Å². The summed E-state index contributed by atoms with van der Waals surface area (Å²) in [5.41, 5.74) is 0.583. The molecule has 2 saturated heterocycles. The molecular formula is C25H39BN2O5. The van der Waals surface area contributed by atoms with Crippen LogP contribution in [0.1, 0.15) is 66.9 Å². The molecule has 1 atom stereocenters. The van der Waals surface area contributed by atoms with Gasteiger partial charge in [-0.25, -0.2) is 4.79 Å². The third kappa shape index (κ3) is 6.09. The zero-order chi connectivity index (χ0) is 24.6. The third-order valence-corrected chi connectivity index (χ3v) is 6.84. The molecule has 0 bridgehead atoms. The first-order valence-electron chi connectivity index (χ1n) is 11.9. The Bertz CT molecular complexity index is 847. The summed E-state index contributed by atoms with van der Waals surface area (Å²) in [6.07, 6.45) is 1.71. The summed E-state index contributed by atoms with van der Waals surface area (Å²) in [5, 5.41) is 0. The molecule has 0 aromatic heterocycles. The van der Waals surface area contributed by atoms with Gasteiger partial charge >= 0.3 is 13.2 Å². The summed E-state index contributed by atoms with van der Waals surface area (Å²) in [7, 11) is 1.34. The van der Waals surface area contributed by atoms with Crippen molar-refractivity contribution < 1.29 is 23.6 Å². The molecule has 2 heterocycles. The van der Waals surface area contributed by atoms with Gasteiger partial charge in [-0.05, 0) is 72.3 Å². The van der Waals surface area contributed by atoms with E-state index in [4.69, 9.17) is 14.0 Å². The van der Waals surface area contributed by atoms with Crippen LogP contribution in [0.25, 0.3) is 0 Å². The Morgan fingerprint density at radius 3 is 2.24 bits per heavy atom. The Hall–Kier alpha value is -2.06. The number of rotatable bonds is 4. The number of carbonyl (C=O) groups is 2. The van der Waals surface area contributed by atoms with Gasteiger partial charge in [-0.2, -0.15) is 0 Å².